The molecule has 0 radical (unpaired) electrons. The van der Waals surface area contributed by atoms with E-state index in [1.54, 1.807) is 29.6 Å². The molecule has 1 aromatic heterocycles. The molecule has 0 saturated carbocycles. The maximum Gasteiger partial charge on any atom is 0.309 e. The SMILES string of the molecule is COc1ccc(C)cc1NC(=O)C(C)OC(=O)C1CCN(S(=O)(=O)c2cccs2)CC1. The zero-order valence-corrected chi connectivity index (χ0v) is 19.3. The van der Waals surface area contributed by atoms with Crippen LogP contribution in [0.3, 0.4) is 0 Å². The molecule has 1 atom stereocenters. The van der Waals surface area contributed by atoms with Crippen molar-refractivity contribution in [3.63, 3.8) is 0 Å². The Morgan fingerprint density at radius 2 is 1.94 bits per heavy atom. The van der Waals surface area contributed by atoms with E-state index in [-0.39, 0.29) is 13.1 Å². The summed E-state index contributed by atoms with van der Waals surface area (Å²) in [5.74, 6) is -0.891. The topological polar surface area (TPSA) is 102 Å². The molecule has 2 heterocycles. The molecule has 168 valence electrons. The first-order valence-corrected chi connectivity index (χ1v) is 12.2. The van der Waals surface area contributed by atoms with Crippen LogP contribution in [0.4, 0.5) is 5.69 Å². The van der Waals surface area contributed by atoms with Crippen LogP contribution in [0.2, 0.25) is 0 Å². The summed E-state index contributed by atoms with van der Waals surface area (Å²) in [6.45, 7) is 3.87. The summed E-state index contributed by atoms with van der Waals surface area (Å²) < 4.78 is 37.5. The minimum atomic E-state index is -3.53. The fraction of sp³-hybridized carbons (Fsp3) is 0.429. The normalized spacial score (nSPS) is 16.5. The number of benzene rings is 1. The number of hydrogen-bond acceptors (Lipinski definition) is 7. The maximum atomic E-state index is 12.6. The van der Waals surface area contributed by atoms with Crippen LogP contribution in [0, 0.1) is 12.8 Å². The number of amides is 1. The van der Waals surface area contributed by atoms with Crippen LogP contribution < -0.4 is 10.1 Å². The van der Waals surface area contributed by atoms with E-state index in [9.17, 15) is 18.0 Å². The molecule has 1 aliphatic rings. The van der Waals surface area contributed by atoms with Gasteiger partial charge >= 0.3 is 5.97 Å². The second kappa shape index (κ2) is 9.80. The van der Waals surface area contributed by atoms with Gasteiger partial charge in [-0.05, 0) is 55.8 Å². The molecule has 1 N–H and O–H groups in total. The number of carbonyl (C=O) groups excluding carboxylic acids is 2. The third-order valence-corrected chi connectivity index (χ3v) is 8.42. The Balaban J connectivity index is 1.54. The predicted molar refractivity (Wildman–Crippen MR) is 118 cm³/mol. The van der Waals surface area contributed by atoms with Crippen molar-refractivity contribution in [2.45, 2.75) is 37.0 Å². The lowest BCUT2D eigenvalue weighted by Gasteiger charge is -2.30. The van der Waals surface area contributed by atoms with Gasteiger partial charge in [-0.3, -0.25) is 9.59 Å². The molecule has 1 aromatic carbocycles. The Bertz CT molecular complexity index is 1030. The van der Waals surface area contributed by atoms with Gasteiger partial charge in [0.25, 0.3) is 15.9 Å². The van der Waals surface area contributed by atoms with Crippen LogP contribution in [0.25, 0.3) is 0 Å². The lowest BCUT2D eigenvalue weighted by Crippen LogP contribution is -2.41. The Hall–Kier alpha value is -2.43. The summed E-state index contributed by atoms with van der Waals surface area (Å²) in [6, 6.07) is 8.65. The van der Waals surface area contributed by atoms with Crippen LogP contribution in [0.15, 0.2) is 39.9 Å². The number of piperidine rings is 1. The van der Waals surface area contributed by atoms with Gasteiger partial charge in [-0.25, -0.2) is 8.42 Å². The number of nitrogens with one attached hydrogen (secondary N) is 1. The highest BCUT2D eigenvalue weighted by Gasteiger charge is 2.34. The first kappa shape index (κ1) is 23.2. The lowest BCUT2D eigenvalue weighted by atomic mass is 9.98. The van der Waals surface area contributed by atoms with Gasteiger partial charge in [0.15, 0.2) is 6.10 Å². The summed E-state index contributed by atoms with van der Waals surface area (Å²) in [5, 5.41) is 4.44. The molecule has 3 rings (SSSR count). The quantitative estimate of drug-likeness (QED) is 0.630. The number of rotatable bonds is 7. The zero-order chi connectivity index (χ0) is 22.6. The van der Waals surface area contributed by atoms with Crippen LogP contribution in [0.5, 0.6) is 5.75 Å². The van der Waals surface area contributed by atoms with Crippen LogP contribution in [-0.4, -0.2) is 50.9 Å². The molecular weight excluding hydrogens is 440 g/mol. The van der Waals surface area contributed by atoms with Crippen molar-refractivity contribution in [3.8, 4) is 5.75 Å². The van der Waals surface area contributed by atoms with Gasteiger partial charge in [-0.15, -0.1) is 11.3 Å². The van der Waals surface area contributed by atoms with E-state index in [1.807, 2.05) is 13.0 Å². The molecule has 8 nitrogen and oxygen atoms in total. The van der Waals surface area contributed by atoms with Crippen molar-refractivity contribution in [1.29, 1.82) is 0 Å². The molecule has 1 amide bonds. The van der Waals surface area contributed by atoms with E-state index in [1.165, 1.54) is 29.7 Å². The number of thiophene rings is 1. The van der Waals surface area contributed by atoms with E-state index >= 15 is 0 Å². The van der Waals surface area contributed by atoms with Gasteiger partial charge in [-0.2, -0.15) is 4.31 Å². The first-order valence-electron chi connectivity index (χ1n) is 9.92. The highest BCUT2D eigenvalue weighted by atomic mass is 32.2. The monoisotopic (exact) mass is 466 g/mol. The minimum Gasteiger partial charge on any atom is -0.495 e. The molecule has 2 aromatic rings. The lowest BCUT2D eigenvalue weighted by molar-refractivity contribution is -0.158. The molecule has 0 aliphatic carbocycles. The molecule has 1 aliphatic heterocycles. The number of methoxy groups -OCH3 is 1. The van der Waals surface area contributed by atoms with Gasteiger partial charge in [-0.1, -0.05) is 12.1 Å². The summed E-state index contributed by atoms with van der Waals surface area (Å²) in [4.78, 5) is 25.0. The Kier molecular flexibility index (Phi) is 7.34. The van der Waals surface area contributed by atoms with Gasteiger partial charge in [0, 0.05) is 13.1 Å². The second-order valence-corrected chi connectivity index (χ2v) is 10.5. The van der Waals surface area contributed by atoms with Crippen LogP contribution >= 0.6 is 11.3 Å². The second-order valence-electron chi connectivity index (χ2n) is 7.38. The van der Waals surface area contributed by atoms with Crippen LogP contribution in [-0.2, 0) is 24.3 Å². The van der Waals surface area contributed by atoms with Crippen molar-refractivity contribution >= 4 is 38.9 Å². The summed E-state index contributed by atoms with van der Waals surface area (Å²) in [5.41, 5.74) is 1.45. The number of aryl methyl sites for hydroxylation is 1. The van der Waals surface area contributed by atoms with E-state index in [0.29, 0.717) is 28.5 Å². The van der Waals surface area contributed by atoms with Gasteiger partial charge in [0.05, 0.1) is 18.7 Å². The summed E-state index contributed by atoms with van der Waals surface area (Å²) >= 11 is 1.17. The number of carbonyl (C=O) groups is 2. The van der Waals surface area contributed by atoms with Crippen molar-refractivity contribution in [2.75, 3.05) is 25.5 Å². The van der Waals surface area contributed by atoms with E-state index in [0.717, 1.165) is 5.56 Å². The average molecular weight is 467 g/mol. The van der Waals surface area contributed by atoms with Crippen molar-refractivity contribution in [2.24, 2.45) is 5.92 Å². The number of anilines is 1. The smallest absolute Gasteiger partial charge is 0.309 e. The largest absolute Gasteiger partial charge is 0.495 e. The first-order chi connectivity index (χ1) is 14.7. The molecule has 1 fully saturated rings. The number of esters is 1. The maximum absolute atomic E-state index is 12.6. The van der Waals surface area contributed by atoms with Gasteiger partial charge < -0.3 is 14.8 Å². The fourth-order valence-corrected chi connectivity index (χ4v) is 5.96. The summed E-state index contributed by atoms with van der Waals surface area (Å²) in [7, 11) is -2.02. The standard InChI is InChI=1S/C21H26N2O6S2/c1-14-6-7-18(28-3)17(13-14)22-20(24)15(2)29-21(25)16-8-10-23(11-9-16)31(26,27)19-5-4-12-30-19/h4-7,12-13,15-16H,8-11H2,1-3H3,(H,22,24). The Labute approximate surface area is 186 Å². The molecule has 0 spiro atoms. The molecule has 1 unspecified atom stereocenters. The minimum absolute atomic E-state index is 0.237. The van der Waals surface area contributed by atoms with E-state index in [2.05, 4.69) is 5.32 Å². The van der Waals surface area contributed by atoms with Crippen molar-refractivity contribution in [1.82, 2.24) is 4.31 Å². The third-order valence-electron chi connectivity index (χ3n) is 5.15. The number of hydrogen-bond donors (Lipinski definition) is 1. The average Bonchev–Trinajstić information content (AvgIpc) is 3.30. The molecule has 0 bridgehead atoms. The highest BCUT2D eigenvalue weighted by molar-refractivity contribution is 7.91. The van der Waals surface area contributed by atoms with Crippen molar-refractivity contribution in [3.05, 3.63) is 41.3 Å². The molecule has 10 heteroatoms. The number of ether oxygens (including phenoxy) is 2. The molecule has 31 heavy (non-hydrogen) atoms. The third kappa shape index (κ3) is 5.44. The zero-order valence-electron chi connectivity index (χ0n) is 17.7. The summed E-state index contributed by atoms with van der Waals surface area (Å²) in [6.07, 6.45) is -0.293. The van der Waals surface area contributed by atoms with E-state index < -0.39 is 33.9 Å². The predicted octanol–water partition coefficient (Wildman–Crippen LogP) is 3.04. The van der Waals surface area contributed by atoms with Crippen LogP contribution in [0.1, 0.15) is 25.3 Å². The highest BCUT2D eigenvalue weighted by Crippen LogP contribution is 2.28. The van der Waals surface area contributed by atoms with E-state index in [4.69, 9.17) is 9.47 Å². The Morgan fingerprint density at radius 3 is 2.55 bits per heavy atom. The number of sulfonamides is 1. The number of nitrogens with zero attached hydrogens (tertiary/aromatic N) is 1. The van der Waals surface area contributed by atoms with Gasteiger partial charge in [0.1, 0.15) is 9.96 Å². The van der Waals surface area contributed by atoms with Crippen molar-refractivity contribution < 1.29 is 27.5 Å². The molecule has 1 saturated heterocycles. The van der Waals surface area contributed by atoms with Gasteiger partial charge in [0.2, 0.25) is 0 Å². The fourth-order valence-electron chi connectivity index (χ4n) is 3.35. The Morgan fingerprint density at radius 1 is 1.23 bits per heavy atom. The molecular formula is C21H26N2O6S2.